The zero-order valence-corrected chi connectivity index (χ0v) is 23.1. The molecule has 0 spiro atoms. The predicted molar refractivity (Wildman–Crippen MR) is 140 cm³/mol. The van der Waals surface area contributed by atoms with Crippen LogP contribution >= 0.6 is 69.3 Å². The van der Waals surface area contributed by atoms with Gasteiger partial charge in [0.2, 0.25) is 0 Å². The Hall–Kier alpha value is -1.89. The lowest BCUT2D eigenvalue weighted by Crippen LogP contribution is -2.38. The summed E-state index contributed by atoms with van der Waals surface area (Å²) in [6.07, 6.45) is -3.82. The van der Waals surface area contributed by atoms with Gasteiger partial charge in [0.05, 0.1) is 26.3 Å². The van der Waals surface area contributed by atoms with Crippen molar-refractivity contribution in [1.82, 2.24) is 24.0 Å². The first-order valence-electron chi connectivity index (χ1n) is 10.7. The number of alkyl halides is 3. The Bertz CT molecular complexity index is 1460. The zero-order valence-electron chi connectivity index (χ0n) is 18.4. The number of hydrogen-bond donors (Lipinski definition) is 0. The highest BCUT2D eigenvalue weighted by molar-refractivity contribution is 7.12. The molecule has 1 aromatic carbocycles. The molecule has 1 amide bonds. The fourth-order valence-corrected chi connectivity index (χ4v) is 6.70. The van der Waals surface area contributed by atoms with E-state index in [4.69, 9.17) is 46.4 Å². The number of aromatic nitrogens is 4. The summed E-state index contributed by atoms with van der Waals surface area (Å²) in [6.45, 7) is 0.483. The average Bonchev–Trinajstić information content (AvgIpc) is 3.57. The molecule has 1 aliphatic heterocycles. The summed E-state index contributed by atoms with van der Waals surface area (Å²) in [6, 6.07) is 5.93. The highest BCUT2D eigenvalue weighted by atomic mass is 35.5. The van der Waals surface area contributed by atoms with Crippen LogP contribution in [-0.2, 0) is 6.18 Å². The van der Waals surface area contributed by atoms with Crippen molar-refractivity contribution in [3.63, 3.8) is 0 Å². The molecule has 0 radical (unpaired) electrons. The smallest absolute Gasteiger partial charge is 0.338 e. The number of thiazole rings is 1. The van der Waals surface area contributed by atoms with Gasteiger partial charge in [0.1, 0.15) is 10.7 Å². The molecule has 0 unspecified atom stereocenters. The van der Waals surface area contributed by atoms with Crippen LogP contribution in [0, 0.1) is 0 Å². The Morgan fingerprint density at radius 3 is 2.32 bits per heavy atom. The number of amides is 1. The second-order valence-electron chi connectivity index (χ2n) is 8.15. The third kappa shape index (κ3) is 5.22. The van der Waals surface area contributed by atoms with Crippen LogP contribution in [0.1, 0.15) is 39.8 Å². The molecule has 0 atom stereocenters. The zero-order chi connectivity index (χ0) is 26.5. The number of likely N-dealkylation sites (tertiary alicyclic amines) is 1. The maximum Gasteiger partial charge on any atom is 0.436 e. The molecule has 5 rings (SSSR count). The summed E-state index contributed by atoms with van der Waals surface area (Å²) in [7, 11) is 0. The van der Waals surface area contributed by atoms with Gasteiger partial charge in [-0.15, -0.1) is 11.3 Å². The van der Waals surface area contributed by atoms with Gasteiger partial charge >= 0.3 is 6.18 Å². The number of carbonyl (C=O) groups excluding carboxylic acids is 1. The summed E-state index contributed by atoms with van der Waals surface area (Å²) in [5.74, 6) is -0.777. The van der Waals surface area contributed by atoms with Crippen molar-refractivity contribution < 1.29 is 18.0 Å². The second-order valence-corrected chi connectivity index (χ2v) is 11.3. The van der Waals surface area contributed by atoms with E-state index in [-0.39, 0.29) is 29.8 Å². The molecule has 4 aromatic rings. The lowest BCUT2D eigenvalue weighted by molar-refractivity contribution is -0.141. The van der Waals surface area contributed by atoms with Crippen molar-refractivity contribution in [2.45, 2.75) is 24.9 Å². The van der Waals surface area contributed by atoms with Crippen LogP contribution < -0.4 is 0 Å². The van der Waals surface area contributed by atoms with Crippen molar-refractivity contribution in [2.24, 2.45) is 0 Å². The first-order chi connectivity index (χ1) is 17.5. The summed E-state index contributed by atoms with van der Waals surface area (Å²) in [4.78, 5) is 20.0. The van der Waals surface area contributed by atoms with E-state index in [0.29, 0.717) is 33.5 Å². The fraction of sp³-hybridized carbons (Fsp3) is 0.273. The SMILES string of the molecule is O=C(c1c(C(F)(F)F)nn(-c2ccc(Cl)cc2)c1Cl)N1CCC(c2nc(-c3snc(Cl)c3Cl)cs2)CC1. The van der Waals surface area contributed by atoms with Crippen molar-refractivity contribution >= 4 is 75.2 Å². The molecule has 0 saturated carbocycles. The highest BCUT2D eigenvalue weighted by Crippen LogP contribution is 2.41. The van der Waals surface area contributed by atoms with Crippen molar-refractivity contribution in [2.75, 3.05) is 13.1 Å². The summed E-state index contributed by atoms with van der Waals surface area (Å²) in [5.41, 5.74) is -1.08. The maximum atomic E-state index is 13.9. The molecule has 1 saturated heterocycles. The van der Waals surface area contributed by atoms with Gasteiger partial charge in [0.25, 0.3) is 5.91 Å². The van der Waals surface area contributed by atoms with Crippen LogP contribution in [0.2, 0.25) is 20.4 Å². The number of carbonyl (C=O) groups is 1. The van der Waals surface area contributed by atoms with Crippen LogP contribution in [0.15, 0.2) is 29.6 Å². The van der Waals surface area contributed by atoms with Crippen molar-refractivity contribution in [3.05, 3.63) is 66.3 Å². The highest BCUT2D eigenvalue weighted by Gasteiger charge is 2.43. The molecule has 4 heterocycles. The topological polar surface area (TPSA) is 63.9 Å². The molecule has 15 heteroatoms. The molecule has 194 valence electrons. The minimum Gasteiger partial charge on any atom is -0.338 e. The van der Waals surface area contributed by atoms with Crippen LogP contribution in [-0.4, -0.2) is 43.0 Å². The van der Waals surface area contributed by atoms with Gasteiger partial charge in [-0.1, -0.05) is 46.4 Å². The molecule has 0 aliphatic carbocycles. The van der Waals surface area contributed by atoms with Gasteiger partial charge in [-0.25, -0.2) is 9.67 Å². The molecule has 0 bridgehead atoms. The normalized spacial score (nSPS) is 14.9. The minimum absolute atomic E-state index is 0.0410. The average molecular weight is 627 g/mol. The van der Waals surface area contributed by atoms with Gasteiger partial charge in [-0.3, -0.25) is 4.79 Å². The quantitative estimate of drug-likeness (QED) is 0.230. The fourth-order valence-electron chi connectivity index (χ4n) is 4.02. The maximum absolute atomic E-state index is 13.9. The molecule has 1 aliphatic rings. The largest absolute Gasteiger partial charge is 0.436 e. The summed E-state index contributed by atoms with van der Waals surface area (Å²) < 4.78 is 46.5. The first-order valence-corrected chi connectivity index (χ1v) is 13.9. The molecule has 3 aromatic heterocycles. The Morgan fingerprint density at radius 1 is 1.05 bits per heavy atom. The van der Waals surface area contributed by atoms with Gasteiger partial charge in [0, 0.05) is 29.4 Å². The number of piperidine rings is 1. The van der Waals surface area contributed by atoms with E-state index in [1.165, 1.54) is 40.5 Å². The number of hydrogen-bond acceptors (Lipinski definition) is 6. The van der Waals surface area contributed by atoms with Gasteiger partial charge in [-0.05, 0) is 48.6 Å². The van der Waals surface area contributed by atoms with E-state index in [1.807, 2.05) is 5.38 Å². The van der Waals surface area contributed by atoms with E-state index >= 15 is 0 Å². The van der Waals surface area contributed by atoms with Gasteiger partial charge in [0.15, 0.2) is 10.8 Å². The monoisotopic (exact) mass is 625 g/mol. The van der Waals surface area contributed by atoms with Crippen LogP contribution in [0.25, 0.3) is 16.3 Å². The number of halogens is 7. The minimum atomic E-state index is -4.87. The molecule has 0 N–H and O–H groups in total. The van der Waals surface area contributed by atoms with Crippen LogP contribution in [0.3, 0.4) is 0 Å². The lowest BCUT2D eigenvalue weighted by atomic mass is 9.97. The number of nitrogens with zero attached hydrogens (tertiary/aromatic N) is 5. The Labute approximate surface area is 236 Å². The van der Waals surface area contributed by atoms with E-state index in [2.05, 4.69) is 14.5 Å². The van der Waals surface area contributed by atoms with Gasteiger partial charge < -0.3 is 4.90 Å². The Kier molecular flexibility index (Phi) is 7.47. The molecule has 6 nitrogen and oxygen atoms in total. The number of rotatable bonds is 4. The Balaban J connectivity index is 1.35. The van der Waals surface area contributed by atoms with Crippen LogP contribution in [0.4, 0.5) is 13.2 Å². The standard InChI is InChI=1S/C22H14Cl4F3N5OS2/c23-11-1-3-12(4-2-11)34-19(26)14(17(31-34)22(27,28)29)21(35)33-7-5-10(6-8-33)20-30-13(9-36-20)16-15(24)18(25)32-37-16/h1-4,9-10H,5-8H2. The van der Waals surface area contributed by atoms with E-state index in [0.717, 1.165) is 21.2 Å². The third-order valence-corrected chi connectivity index (χ3v) is 9.29. The lowest BCUT2D eigenvalue weighted by Gasteiger charge is -2.31. The van der Waals surface area contributed by atoms with Crippen LogP contribution in [0.5, 0.6) is 0 Å². The van der Waals surface area contributed by atoms with E-state index in [9.17, 15) is 18.0 Å². The van der Waals surface area contributed by atoms with Gasteiger partial charge in [-0.2, -0.15) is 22.6 Å². The molecule has 1 fully saturated rings. The first kappa shape index (κ1) is 26.7. The summed E-state index contributed by atoms with van der Waals surface area (Å²) >= 11 is 26.9. The molecular weight excluding hydrogens is 613 g/mol. The molecular formula is C22H14Cl4F3N5OS2. The molecule has 37 heavy (non-hydrogen) atoms. The second kappa shape index (κ2) is 10.3. The van der Waals surface area contributed by atoms with Crippen molar-refractivity contribution in [3.8, 4) is 16.3 Å². The number of benzene rings is 1. The Morgan fingerprint density at radius 2 is 1.73 bits per heavy atom. The predicted octanol–water partition coefficient (Wildman–Crippen LogP) is 8.10. The van der Waals surface area contributed by atoms with E-state index in [1.54, 1.807) is 0 Å². The van der Waals surface area contributed by atoms with Crippen molar-refractivity contribution in [1.29, 1.82) is 0 Å². The third-order valence-electron chi connectivity index (χ3n) is 5.87. The summed E-state index contributed by atoms with van der Waals surface area (Å²) in [5, 5.41) is 6.91. The van der Waals surface area contributed by atoms with E-state index < -0.39 is 28.5 Å².